The Labute approximate surface area is 99.8 Å². The molecule has 0 aliphatic carbocycles. The standard InChI is InChI=1S/C12H15ClFNO/c1-15-6-2-3-11(16)7-9-4-5-10(14)8-12(9)13/h4-5,8,15H,2-3,6-7H2,1H3. The Morgan fingerprint density at radius 3 is 2.88 bits per heavy atom. The molecule has 1 rings (SSSR count). The number of nitrogens with one attached hydrogen (secondary N) is 1. The highest BCUT2D eigenvalue weighted by atomic mass is 35.5. The van der Waals surface area contributed by atoms with Gasteiger partial charge in [-0.25, -0.2) is 4.39 Å². The van der Waals surface area contributed by atoms with Crippen LogP contribution >= 0.6 is 11.6 Å². The summed E-state index contributed by atoms with van der Waals surface area (Å²) in [5.41, 5.74) is 0.692. The lowest BCUT2D eigenvalue weighted by Gasteiger charge is -2.04. The lowest BCUT2D eigenvalue weighted by atomic mass is 10.1. The van der Waals surface area contributed by atoms with Crippen LogP contribution in [0.4, 0.5) is 4.39 Å². The molecule has 0 aliphatic heterocycles. The van der Waals surface area contributed by atoms with Gasteiger partial charge < -0.3 is 5.32 Å². The van der Waals surface area contributed by atoms with Crippen molar-refractivity contribution in [1.29, 1.82) is 0 Å². The topological polar surface area (TPSA) is 29.1 Å². The molecule has 0 unspecified atom stereocenters. The first-order chi connectivity index (χ1) is 7.63. The van der Waals surface area contributed by atoms with Gasteiger partial charge in [0.05, 0.1) is 0 Å². The molecule has 16 heavy (non-hydrogen) atoms. The van der Waals surface area contributed by atoms with E-state index in [9.17, 15) is 9.18 Å². The maximum absolute atomic E-state index is 12.8. The smallest absolute Gasteiger partial charge is 0.137 e. The summed E-state index contributed by atoms with van der Waals surface area (Å²) < 4.78 is 12.8. The number of rotatable bonds is 6. The lowest BCUT2D eigenvalue weighted by Crippen LogP contribution is -2.11. The fourth-order valence-corrected chi connectivity index (χ4v) is 1.66. The summed E-state index contributed by atoms with van der Waals surface area (Å²) in [6.45, 7) is 0.822. The molecule has 1 aromatic carbocycles. The van der Waals surface area contributed by atoms with Crippen LogP contribution in [-0.4, -0.2) is 19.4 Å². The summed E-state index contributed by atoms with van der Waals surface area (Å²) in [7, 11) is 1.85. The summed E-state index contributed by atoms with van der Waals surface area (Å²) in [6, 6.07) is 4.12. The fraction of sp³-hybridized carbons (Fsp3) is 0.417. The monoisotopic (exact) mass is 243 g/mol. The van der Waals surface area contributed by atoms with E-state index in [0.717, 1.165) is 13.0 Å². The first-order valence-electron chi connectivity index (χ1n) is 5.23. The van der Waals surface area contributed by atoms with Gasteiger partial charge in [0.25, 0.3) is 0 Å². The van der Waals surface area contributed by atoms with Crippen LogP contribution in [0, 0.1) is 5.82 Å². The average molecular weight is 244 g/mol. The zero-order valence-corrected chi connectivity index (χ0v) is 9.98. The first-order valence-corrected chi connectivity index (χ1v) is 5.61. The molecule has 0 amide bonds. The summed E-state index contributed by atoms with van der Waals surface area (Å²) in [5, 5.41) is 3.30. The van der Waals surface area contributed by atoms with Crippen molar-refractivity contribution >= 4 is 17.4 Å². The van der Waals surface area contributed by atoms with Gasteiger partial charge in [0.15, 0.2) is 0 Å². The maximum atomic E-state index is 12.8. The van der Waals surface area contributed by atoms with E-state index < -0.39 is 0 Å². The highest BCUT2D eigenvalue weighted by Crippen LogP contribution is 2.18. The van der Waals surface area contributed by atoms with Crippen LogP contribution in [0.5, 0.6) is 0 Å². The van der Waals surface area contributed by atoms with Crippen molar-refractivity contribution in [1.82, 2.24) is 5.32 Å². The molecule has 1 aromatic rings. The SMILES string of the molecule is CNCCCC(=O)Cc1ccc(F)cc1Cl. The van der Waals surface area contributed by atoms with E-state index in [2.05, 4.69) is 5.32 Å². The molecule has 0 saturated carbocycles. The molecule has 0 saturated heterocycles. The van der Waals surface area contributed by atoms with Gasteiger partial charge in [-0.05, 0) is 37.7 Å². The first kappa shape index (κ1) is 13.1. The quantitative estimate of drug-likeness (QED) is 0.779. The van der Waals surface area contributed by atoms with Crippen molar-refractivity contribution < 1.29 is 9.18 Å². The summed E-state index contributed by atoms with van der Waals surface area (Å²) in [5.74, 6) is -0.250. The summed E-state index contributed by atoms with van der Waals surface area (Å²) in [4.78, 5) is 11.5. The Balaban J connectivity index is 2.49. The number of hydrogen-bond acceptors (Lipinski definition) is 2. The molecular weight excluding hydrogens is 229 g/mol. The van der Waals surface area contributed by atoms with E-state index in [1.54, 1.807) is 6.07 Å². The predicted molar refractivity (Wildman–Crippen MR) is 63.3 cm³/mol. The predicted octanol–water partition coefficient (Wildman–Crippen LogP) is 2.59. The molecule has 0 radical (unpaired) electrons. The van der Waals surface area contributed by atoms with Crippen molar-refractivity contribution in [3.63, 3.8) is 0 Å². The van der Waals surface area contributed by atoms with Crippen molar-refractivity contribution in [3.05, 3.63) is 34.6 Å². The minimum atomic E-state index is -0.378. The molecule has 0 spiro atoms. The number of hydrogen-bond donors (Lipinski definition) is 1. The van der Waals surface area contributed by atoms with Crippen LogP contribution in [0.15, 0.2) is 18.2 Å². The van der Waals surface area contributed by atoms with Crippen LogP contribution in [0.2, 0.25) is 5.02 Å². The van der Waals surface area contributed by atoms with Gasteiger partial charge in [0, 0.05) is 17.9 Å². The molecule has 0 aromatic heterocycles. The average Bonchev–Trinajstić information content (AvgIpc) is 2.23. The number of Topliss-reactive ketones (excluding diaryl/α,β-unsaturated/α-hetero) is 1. The Hall–Kier alpha value is -0.930. The van der Waals surface area contributed by atoms with Crippen molar-refractivity contribution in [3.8, 4) is 0 Å². The fourth-order valence-electron chi connectivity index (χ4n) is 1.43. The van der Waals surface area contributed by atoms with Gasteiger partial charge in [0.2, 0.25) is 0 Å². The minimum absolute atomic E-state index is 0.128. The molecule has 0 aliphatic rings. The van der Waals surface area contributed by atoms with Crippen LogP contribution in [0.1, 0.15) is 18.4 Å². The lowest BCUT2D eigenvalue weighted by molar-refractivity contribution is -0.118. The third-order valence-corrected chi connectivity index (χ3v) is 2.64. The second kappa shape index (κ2) is 6.61. The van der Waals surface area contributed by atoms with E-state index in [-0.39, 0.29) is 18.0 Å². The second-order valence-corrected chi connectivity index (χ2v) is 4.07. The van der Waals surface area contributed by atoms with E-state index in [4.69, 9.17) is 11.6 Å². The molecule has 1 N–H and O–H groups in total. The Morgan fingerprint density at radius 1 is 1.50 bits per heavy atom. The van der Waals surface area contributed by atoms with Crippen LogP contribution in [0.25, 0.3) is 0 Å². The second-order valence-electron chi connectivity index (χ2n) is 3.66. The van der Waals surface area contributed by atoms with Crippen molar-refractivity contribution in [2.75, 3.05) is 13.6 Å². The third-order valence-electron chi connectivity index (χ3n) is 2.29. The largest absolute Gasteiger partial charge is 0.320 e. The molecule has 0 atom stereocenters. The van der Waals surface area contributed by atoms with Crippen LogP contribution < -0.4 is 5.32 Å². The molecule has 4 heteroatoms. The highest BCUT2D eigenvalue weighted by molar-refractivity contribution is 6.31. The van der Waals surface area contributed by atoms with Crippen molar-refractivity contribution in [2.24, 2.45) is 0 Å². The van der Waals surface area contributed by atoms with E-state index in [1.165, 1.54) is 12.1 Å². The number of carbonyl (C=O) groups is 1. The Kier molecular flexibility index (Phi) is 5.43. The van der Waals surface area contributed by atoms with E-state index in [1.807, 2.05) is 7.05 Å². The number of benzene rings is 1. The summed E-state index contributed by atoms with van der Waals surface area (Å²) >= 11 is 5.83. The van der Waals surface area contributed by atoms with Gasteiger partial charge in [-0.1, -0.05) is 17.7 Å². The molecule has 2 nitrogen and oxygen atoms in total. The highest BCUT2D eigenvalue weighted by Gasteiger charge is 2.07. The molecular formula is C12H15ClFNO. The van der Waals surface area contributed by atoms with Crippen LogP contribution in [-0.2, 0) is 11.2 Å². The van der Waals surface area contributed by atoms with Gasteiger partial charge in [-0.3, -0.25) is 4.79 Å². The Morgan fingerprint density at radius 2 is 2.25 bits per heavy atom. The number of ketones is 1. The van der Waals surface area contributed by atoms with Crippen molar-refractivity contribution in [2.45, 2.75) is 19.3 Å². The van der Waals surface area contributed by atoms with Crippen LogP contribution in [0.3, 0.4) is 0 Å². The number of carbonyl (C=O) groups excluding carboxylic acids is 1. The van der Waals surface area contributed by atoms with Gasteiger partial charge in [0.1, 0.15) is 11.6 Å². The zero-order valence-electron chi connectivity index (χ0n) is 9.22. The molecule has 0 heterocycles. The maximum Gasteiger partial charge on any atom is 0.137 e. The number of halogens is 2. The summed E-state index contributed by atoms with van der Waals surface area (Å²) in [6.07, 6.45) is 1.62. The molecule has 88 valence electrons. The van der Waals surface area contributed by atoms with Gasteiger partial charge in [-0.15, -0.1) is 0 Å². The van der Waals surface area contributed by atoms with Gasteiger partial charge >= 0.3 is 0 Å². The molecule has 0 bridgehead atoms. The Bertz CT molecular complexity index is 368. The normalized spacial score (nSPS) is 10.4. The van der Waals surface area contributed by atoms with Gasteiger partial charge in [-0.2, -0.15) is 0 Å². The third kappa shape index (κ3) is 4.29. The minimum Gasteiger partial charge on any atom is -0.320 e. The zero-order chi connectivity index (χ0) is 12.0. The van der Waals surface area contributed by atoms with E-state index in [0.29, 0.717) is 17.0 Å². The van der Waals surface area contributed by atoms with E-state index >= 15 is 0 Å². The molecule has 0 fully saturated rings.